The van der Waals surface area contributed by atoms with Crippen LogP contribution in [0.2, 0.25) is 0 Å². The van der Waals surface area contributed by atoms with Crippen LogP contribution < -0.4 is 5.32 Å². The van der Waals surface area contributed by atoms with Crippen LogP contribution in [0.1, 0.15) is 56.8 Å². The third-order valence-electron chi connectivity index (χ3n) is 4.10. The number of aliphatic imine (C=N–C) groups is 1. The summed E-state index contributed by atoms with van der Waals surface area (Å²) in [5, 5.41) is 15.6. The Bertz CT molecular complexity index is 501. The average molecular weight is 371 g/mol. The van der Waals surface area contributed by atoms with Gasteiger partial charge in [-0.15, -0.1) is 11.3 Å². The SMILES string of the molecule is CCCC(CCO)CN=C(NCC)N(C)Cc1csc(C(C)OC)n1. The maximum Gasteiger partial charge on any atom is 0.194 e. The van der Waals surface area contributed by atoms with Crippen molar-refractivity contribution in [1.29, 1.82) is 0 Å². The van der Waals surface area contributed by atoms with Crippen LogP contribution in [0.4, 0.5) is 0 Å². The van der Waals surface area contributed by atoms with Crippen molar-refractivity contribution < 1.29 is 9.84 Å². The van der Waals surface area contributed by atoms with Crippen LogP contribution in [0.5, 0.6) is 0 Å². The highest BCUT2D eigenvalue weighted by Gasteiger charge is 2.13. The topological polar surface area (TPSA) is 70.0 Å². The van der Waals surface area contributed by atoms with Gasteiger partial charge in [0.25, 0.3) is 0 Å². The summed E-state index contributed by atoms with van der Waals surface area (Å²) in [6, 6.07) is 0. The smallest absolute Gasteiger partial charge is 0.194 e. The van der Waals surface area contributed by atoms with Crippen LogP contribution in [0.15, 0.2) is 10.4 Å². The van der Waals surface area contributed by atoms with Crippen LogP contribution in [-0.2, 0) is 11.3 Å². The quantitative estimate of drug-likeness (QED) is 0.463. The molecule has 0 amide bonds. The van der Waals surface area contributed by atoms with Crippen LogP contribution in [0.25, 0.3) is 0 Å². The van der Waals surface area contributed by atoms with Crippen molar-refractivity contribution in [1.82, 2.24) is 15.2 Å². The Kier molecular flexibility index (Phi) is 10.7. The van der Waals surface area contributed by atoms with Crippen molar-refractivity contribution in [3.05, 3.63) is 16.1 Å². The fourth-order valence-corrected chi connectivity index (χ4v) is 3.45. The third kappa shape index (κ3) is 7.71. The number of guanidine groups is 1. The van der Waals surface area contributed by atoms with Gasteiger partial charge in [-0.2, -0.15) is 0 Å². The molecule has 0 saturated carbocycles. The highest BCUT2D eigenvalue weighted by Crippen LogP contribution is 2.21. The van der Waals surface area contributed by atoms with E-state index in [1.807, 2.05) is 14.0 Å². The molecule has 25 heavy (non-hydrogen) atoms. The summed E-state index contributed by atoms with van der Waals surface area (Å²) in [6.45, 7) is 8.75. The van der Waals surface area contributed by atoms with Gasteiger partial charge >= 0.3 is 0 Å². The number of aromatic nitrogens is 1. The molecule has 0 aliphatic heterocycles. The van der Waals surface area contributed by atoms with Gasteiger partial charge in [0.15, 0.2) is 5.96 Å². The van der Waals surface area contributed by atoms with E-state index in [0.29, 0.717) is 12.5 Å². The maximum atomic E-state index is 9.21. The molecule has 2 atom stereocenters. The summed E-state index contributed by atoms with van der Waals surface area (Å²) in [4.78, 5) is 11.5. The molecular weight excluding hydrogens is 336 g/mol. The van der Waals surface area contributed by atoms with E-state index in [4.69, 9.17) is 9.73 Å². The van der Waals surface area contributed by atoms with E-state index in [-0.39, 0.29) is 12.7 Å². The van der Waals surface area contributed by atoms with E-state index in [1.165, 1.54) is 0 Å². The van der Waals surface area contributed by atoms with Crippen LogP contribution in [-0.4, -0.2) is 54.8 Å². The van der Waals surface area contributed by atoms with E-state index in [1.54, 1.807) is 18.4 Å². The molecule has 1 rings (SSSR count). The molecule has 2 unspecified atom stereocenters. The van der Waals surface area contributed by atoms with E-state index in [2.05, 4.69) is 34.4 Å². The molecule has 0 aliphatic rings. The van der Waals surface area contributed by atoms with Crippen molar-refractivity contribution in [3.8, 4) is 0 Å². The number of methoxy groups -OCH3 is 1. The van der Waals surface area contributed by atoms with Gasteiger partial charge in [0.1, 0.15) is 11.1 Å². The molecule has 0 aliphatic carbocycles. The zero-order valence-corrected chi connectivity index (χ0v) is 17.1. The summed E-state index contributed by atoms with van der Waals surface area (Å²) >= 11 is 1.63. The standard InChI is InChI=1S/C18H34N4O2S/c1-6-8-15(9-10-23)11-20-18(19-7-2)22(4)12-16-13-25-17(21-16)14(3)24-5/h13-15,23H,6-12H2,1-5H3,(H,19,20). The fourth-order valence-electron chi connectivity index (χ4n) is 2.60. The summed E-state index contributed by atoms with van der Waals surface area (Å²) in [6.07, 6.45) is 3.05. The van der Waals surface area contributed by atoms with Gasteiger partial charge in [-0.05, 0) is 32.6 Å². The number of ether oxygens (including phenoxy) is 1. The first-order valence-corrected chi connectivity index (χ1v) is 10.0. The molecule has 0 spiro atoms. The van der Waals surface area contributed by atoms with Gasteiger partial charge in [-0.25, -0.2) is 4.98 Å². The van der Waals surface area contributed by atoms with Crippen LogP contribution in [0, 0.1) is 5.92 Å². The Morgan fingerprint density at radius 3 is 2.80 bits per heavy atom. The lowest BCUT2D eigenvalue weighted by Crippen LogP contribution is -2.39. The van der Waals surface area contributed by atoms with Gasteiger partial charge in [0, 0.05) is 39.2 Å². The second-order valence-electron chi connectivity index (χ2n) is 6.27. The first-order chi connectivity index (χ1) is 12.0. The predicted octanol–water partition coefficient (Wildman–Crippen LogP) is 3.05. The molecule has 6 nitrogen and oxygen atoms in total. The number of aliphatic hydroxyl groups excluding tert-OH is 1. The number of thiazole rings is 1. The summed E-state index contributed by atoms with van der Waals surface area (Å²) in [5.74, 6) is 1.32. The lowest BCUT2D eigenvalue weighted by Gasteiger charge is -2.22. The van der Waals surface area contributed by atoms with Crippen molar-refractivity contribution in [2.24, 2.45) is 10.9 Å². The molecule has 2 N–H and O–H groups in total. The number of aliphatic hydroxyl groups is 1. The summed E-state index contributed by atoms with van der Waals surface area (Å²) in [7, 11) is 3.73. The van der Waals surface area contributed by atoms with E-state index < -0.39 is 0 Å². The molecule has 1 aromatic heterocycles. The normalized spacial score (nSPS) is 14.4. The molecule has 7 heteroatoms. The van der Waals surface area contributed by atoms with Crippen molar-refractivity contribution in [2.75, 3.05) is 33.9 Å². The molecular formula is C18H34N4O2S. The Morgan fingerprint density at radius 2 is 2.20 bits per heavy atom. The lowest BCUT2D eigenvalue weighted by molar-refractivity contribution is 0.119. The van der Waals surface area contributed by atoms with Gasteiger partial charge in [-0.3, -0.25) is 4.99 Å². The lowest BCUT2D eigenvalue weighted by atomic mass is 10.0. The first-order valence-electron chi connectivity index (χ1n) is 9.12. The maximum absolute atomic E-state index is 9.21. The highest BCUT2D eigenvalue weighted by molar-refractivity contribution is 7.09. The van der Waals surface area contributed by atoms with Gasteiger partial charge < -0.3 is 20.1 Å². The van der Waals surface area contributed by atoms with Gasteiger partial charge in [-0.1, -0.05) is 13.3 Å². The molecule has 0 aromatic carbocycles. The number of rotatable bonds is 11. The zero-order chi connectivity index (χ0) is 18.7. The van der Waals surface area contributed by atoms with Gasteiger partial charge in [0.05, 0.1) is 12.2 Å². The minimum atomic E-state index is 0.0271. The molecule has 144 valence electrons. The minimum Gasteiger partial charge on any atom is -0.396 e. The Hall–Kier alpha value is -1.18. The van der Waals surface area contributed by atoms with Crippen molar-refractivity contribution in [2.45, 2.75) is 52.7 Å². The number of hydrogen-bond donors (Lipinski definition) is 2. The van der Waals surface area contributed by atoms with Gasteiger partial charge in [0.2, 0.25) is 0 Å². The predicted molar refractivity (Wildman–Crippen MR) is 105 cm³/mol. The van der Waals surface area contributed by atoms with Crippen molar-refractivity contribution in [3.63, 3.8) is 0 Å². The number of nitrogens with zero attached hydrogens (tertiary/aromatic N) is 3. The highest BCUT2D eigenvalue weighted by atomic mass is 32.1. The number of nitrogens with one attached hydrogen (secondary N) is 1. The molecule has 1 aromatic rings. The Balaban J connectivity index is 2.72. The minimum absolute atomic E-state index is 0.0271. The second kappa shape index (κ2) is 12.2. The van der Waals surface area contributed by atoms with Crippen LogP contribution >= 0.6 is 11.3 Å². The van der Waals surface area contributed by atoms with Crippen molar-refractivity contribution >= 4 is 17.3 Å². The van der Waals surface area contributed by atoms with Crippen LogP contribution in [0.3, 0.4) is 0 Å². The fraction of sp³-hybridized carbons (Fsp3) is 0.778. The average Bonchev–Trinajstić information content (AvgIpc) is 3.06. The molecule has 0 fully saturated rings. The number of hydrogen-bond acceptors (Lipinski definition) is 5. The third-order valence-corrected chi connectivity index (χ3v) is 5.15. The molecule has 0 radical (unpaired) electrons. The van der Waals surface area contributed by atoms with E-state index in [9.17, 15) is 5.11 Å². The molecule has 0 bridgehead atoms. The first kappa shape index (κ1) is 21.9. The zero-order valence-electron chi connectivity index (χ0n) is 16.3. The summed E-state index contributed by atoms with van der Waals surface area (Å²) < 4.78 is 5.33. The summed E-state index contributed by atoms with van der Waals surface area (Å²) in [5.41, 5.74) is 1.03. The second-order valence-corrected chi connectivity index (χ2v) is 7.16. The molecule has 0 saturated heterocycles. The van der Waals surface area contributed by atoms with E-state index >= 15 is 0 Å². The van der Waals surface area contributed by atoms with E-state index in [0.717, 1.165) is 49.0 Å². The Labute approximate surface area is 156 Å². The molecule has 1 heterocycles. The largest absolute Gasteiger partial charge is 0.396 e. The monoisotopic (exact) mass is 370 g/mol. The Morgan fingerprint density at radius 1 is 1.44 bits per heavy atom.